The van der Waals surface area contributed by atoms with Crippen LogP contribution in [0.1, 0.15) is 85.1 Å². The summed E-state index contributed by atoms with van der Waals surface area (Å²) < 4.78 is 7.18. The van der Waals surface area contributed by atoms with Crippen LogP contribution in [0.15, 0.2) is 54.4 Å². The zero-order valence-electron chi connectivity index (χ0n) is 22.9. The van der Waals surface area contributed by atoms with Crippen LogP contribution in [0.4, 0.5) is 4.79 Å². The number of amides is 1. The van der Waals surface area contributed by atoms with Crippen LogP contribution in [0.3, 0.4) is 0 Å². The van der Waals surface area contributed by atoms with Gasteiger partial charge < -0.3 is 9.64 Å². The van der Waals surface area contributed by atoms with Gasteiger partial charge >= 0.3 is 6.09 Å². The lowest BCUT2D eigenvalue weighted by molar-refractivity contribution is 0.0900. The van der Waals surface area contributed by atoms with Crippen molar-refractivity contribution in [2.45, 2.75) is 85.1 Å². The van der Waals surface area contributed by atoms with E-state index >= 15 is 0 Å². The molecule has 1 aliphatic rings. The lowest BCUT2D eigenvalue weighted by Gasteiger charge is -2.34. The van der Waals surface area contributed by atoms with Gasteiger partial charge in [0.15, 0.2) is 0 Å². The van der Waals surface area contributed by atoms with E-state index in [2.05, 4.69) is 45.7 Å². The SMILES string of the molecule is C=C\C=C(C)/C(/C=C\C)=C(\C)c1cnn(C(CC)(CC#N)CCCC2CCN(C(=O)OCC)CC2)c1. The quantitative estimate of drug-likeness (QED) is 0.285. The van der Waals surface area contributed by atoms with Crippen molar-refractivity contribution < 1.29 is 9.53 Å². The largest absolute Gasteiger partial charge is 0.450 e. The first kappa shape index (κ1) is 29.2. The highest BCUT2D eigenvalue weighted by molar-refractivity contribution is 5.73. The second kappa shape index (κ2) is 14.5. The maximum absolute atomic E-state index is 12.0. The summed E-state index contributed by atoms with van der Waals surface area (Å²) in [6, 6.07) is 2.43. The molecule has 1 atom stereocenters. The fourth-order valence-corrected chi connectivity index (χ4v) is 5.15. The molecule has 1 aliphatic heterocycles. The summed E-state index contributed by atoms with van der Waals surface area (Å²) in [5.41, 5.74) is 4.23. The lowest BCUT2D eigenvalue weighted by Crippen LogP contribution is -2.39. The summed E-state index contributed by atoms with van der Waals surface area (Å²) >= 11 is 0. The van der Waals surface area contributed by atoms with Gasteiger partial charge in [-0.05, 0) is 76.0 Å². The highest BCUT2D eigenvalue weighted by Gasteiger charge is 2.32. The third kappa shape index (κ3) is 7.46. The number of nitrogens with zero attached hydrogens (tertiary/aromatic N) is 4. The van der Waals surface area contributed by atoms with E-state index in [0.29, 0.717) is 18.9 Å². The predicted octanol–water partition coefficient (Wildman–Crippen LogP) is 7.42. The third-order valence-electron chi connectivity index (χ3n) is 7.49. The van der Waals surface area contributed by atoms with Crippen molar-refractivity contribution in [3.8, 4) is 6.07 Å². The number of ether oxygens (including phenoxy) is 1. The summed E-state index contributed by atoms with van der Waals surface area (Å²) in [5, 5.41) is 14.5. The van der Waals surface area contributed by atoms with Gasteiger partial charge in [0.05, 0.1) is 30.8 Å². The molecule has 0 radical (unpaired) electrons. The molecule has 2 heterocycles. The number of piperidine rings is 1. The molecular weight excluding hydrogens is 448 g/mol. The molecule has 1 saturated heterocycles. The Bertz CT molecular complexity index is 1000. The van der Waals surface area contributed by atoms with Crippen molar-refractivity contribution in [3.05, 3.63) is 60.0 Å². The summed E-state index contributed by atoms with van der Waals surface area (Å²) in [7, 11) is 0. The second-order valence-electron chi connectivity index (χ2n) is 9.73. The van der Waals surface area contributed by atoms with Crippen LogP contribution < -0.4 is 0 Å². The summed E-state index contributed by atoms with van der Waals surface area (Å²) in [6.45, 7) is 16.0. The van der Waals surface area contributed by atoms with Crippen molar-refractivity contribution in [1.82, 2.24) is 14.7 Å². The molecule has 0 N–H and O–H groups in total. The number of rotatable bonds is 12. The Morgan fingerprint density at radius 1 is 1.33 bits per heavy atom. The first-order valence-corrected chi connectivity index (χ1v) is 13.3. The first-order valence-electron chi connectivity index (χ1n) is 13.3. The summed E-state index contributed by atoms with van der Waals surface area (Å²) in [4.78, 5) is 13.8. The maximum atomic E-state index is 12.0. The molecule has 2 rings (SSSR count). The third-order valence-corrected chi connectivity index (χ3v) is 7.49. The highest BCUT2D eigenvalue weighted by atomic mass is 16.6. The molecule has 0 saturated carbocycles. The van der Waals surface area contributed by atoms with Crippen molar-refractivity contribution >= 4 is 11.7 Å². The Kier molecular flexibility index (Phi) is 11.7. The molecule has 0 bridgehead atoms. The Morgan fingerprint density at radius 3 is 2.64 bits per heavy atom. The second-order valence-corrected chi connectivity index (χ2v) is 9.73. The Hall–Kier alpha value is -3.07. The van der Waals surface area contributed by atoms with Crippen LogP contribution in [-0.4, -0.2) is 40.5 Å². The molecular formula is C30H44N4O2. The lowest BCUT2D eigenvalue weighted by atomic mass is 9.83. The van der Waals surface area contributed by atoms with Gasteiger partial charge in [0.25, 0.3) is 0 Å². The Labute approximate surface area is 218 Å². The van der Waals surface area contributed by atoms with Crippen molar-refractivity contribution in [1.29, 1.82) is 5.26 Å². The number of hydrogen-bond donors (Lipinski definition) is 0. The number of aromatic nitrogens is 2. The van der Waals surface area contributed by atoms with E-state index < -0.39 is 0 Å². The van der Waals surface area contributed by atoms with Gasteiger partial charge in [-0.1, -0.05) is 50.6 Å². The zero-order valence-corrected chi connectivity index (χ0v) is 22.9. The summed E-state index contributed by atoms with van der Waals surface area (Å²) in [6.07, 6.45) is 18.2. The minimum atomic E-state index is -0.314. The smallest absolute Gasteiger partial charge is 0.409 e. The molecule has 0 aromatic carbocycles. The number of likely N-dealkylation sites (tertiary alicyclic amines) is 1. The van der Waals surface area contributed by atoms with Gasteiger partial charge in [-0.3, -0.25) is 4.68 Å². The van der Waals surface area contributed by atoms with E-state index in [0.717, 1.165) is 73.9 Å². The van der Waals surface area contributed by atoms with E-state index in [4.69, 9.17) is 9.84 Å². The van der Waals surface area contributed by atoms with Gasteiger partial charge in [-0.15, -0.1) is 0 Å². The average molecular weight is 493 g/mol. The minimum Gasteiger partial charge on any atom is -0.450 e. The first-order chi connectivity index (χ1) is 17.3. The number of carbonyl (C=O) groups is 1. The number of carbonyl (C=O) groups excluding carboxylic acids is 1. The molecule has 1 amide bonds. The van der Waals surface area contributed by atoms with Crippen LogP contribution in [0, 0.1) is 17.2 Å². The van der Waals surface area contributed by atoms with E-state index in [-0.39, 0.29) is 11.6 Å². The van der Waals surface area contributed by atoms with Gasteiger partial charge in [0, 0.05) is 24.8 Å². The van der Waals surface area contributed by atoms with Crippen LogP contribution in [0.5, 0.6) is 0 Å². The molecule has 1 fully saturated rings. The van der Waals surface area contributed by atoms with E-state index in [9.17, 15) is 10.1 Å². The molecule has 196 valence electrons. The van der Waals surface area contributed by atoms with Crippen molar-refractivity contribution in [3.63, 3.8) is 0 Å². The molecule has 0 spiro atoms. The molecule has 6 heteroatoms. The normalized spacial score (nSPS) is 17.4. The minimum absolute atomic E-state index is 0.193. The van der Waals surface area contributed by atoms with E-state index in [1.807, 2.05) is 47.9 Å². The fraction of sp³-hybridized carbons (Fsp3) is 0.567. The van der Waals surface area contributed by atoms with Crippen LogP contribution in [0.2, 0.25) is 0 Å². The number of nitriles is 1. The Balaban J connectivity index is 2.14. The van der Waals surface area contributed by atoms with Gasteiger partial charge in [-0.25, -0.2) is 4.79 Å². The molecule has 36 heavy (non-hydrogen) atoms. The Morgan fingerprint density at radius 2 is 2.06 bits per heavy atom. The highest BCUT2D eigenvalue weighted by Crippen LogP contribution is 2.34. The number of allylic oxidation sites excluding steroid dienone is 7. The molecule has 1 aromatic rings. The standard InChI is InChI=1S/C30H44N4O2/c1-7-12-24(5)28(13-8-2)25(6)27-22-32-34(23-27)30(9-3,18-19-31)17-11-14-26-15-20-33(21-16-26)29(35)36-10-4/h7-8,12-13,22-23,26H,1,9-11,14-18,20-21H2,2-6H3/b13-8-,24-12-,28-25+. The van der Waals surface area contributed by atoms with E-state index in [1.54, 1.807) is 0 Å². The molecule has 1 aromatic heterocycles. The predicted molar refractivity (Wildman–Crippen MR) is 147 cm³/mol. The van der Waals surface area contributed by atoms with Crippen LogP contribution in [0.25, 0.3) is 5.57 Å². The van der Waals surface area contributed by atoms with Gasteiger partial charge in [0.1, 0.15) is 0 Å². The average Bonchev–Trinajstić information content (AvgIpc) is 3.38. The van der Waals surface area contributed by atoms with E-state index in [1.165, 1.54) is 0 Å². The summed E-state index contributed by atoms with van der Waals surface area (Å²) in [5.74, 6) is 0.605. The molecule has 6 nitrogen and oxygen atoms in total. The van der Waals surface area contributed by atoms with Gasteiger partial charge in [-0.2, -0.15) is 10.4 Å². The van der Waals surface area contributed by atoms with Crippen molar-refractivity contribution in [2.75, 3.05) is 19.7 Å². The topological polar surface area (TPSA) is 71.2 Å². The van der Waals surface area contributed by atoms with Crippen LogP contribution in [-0.2, 0) is 10.3 Å². The van der Waals surface area contributed by atoms with Crippen LogP contribution >= 0.6 is 0 Å². The maximum Gasteiger partial charge on any atom is 0.409 e. The number of hydrogen-bond acceptors (Lipinski definition) is 4. The zero-order chi connectivity index (χ0) is 26.6. The fourth-order valence-electron chi connectivity index (χ4n) is 5.15. The van der Waals surface area contributed by atoms with Crippen molar-refractivity contribution in [2.24, 2.45) is 5.92 Å². The molecule has 0 aliphatic carbocycles. The van der Waals surface area contributed by atoms with Gasteiger partial charge in [0.2, 0.25) is 0 Å². The molecule has 1 unspecified atom stereocenters. The monoisotopic (exact) mass is 492 g/mol.